The van der Waals surface area contributed by atoms with E-state index in [0.29, 0.717) is 13.0 Å². The van der Waals surface area contributed by atoms with E-state index >= 15 is 0 Å². The average Bonchev–Trinajstić information content (AvgIpc) is 2.52. The van der Waals surface area contributed by atoms with Gasteiger partial charge in [0.1, 0.15) is 0 Å². The minimum Gasteiger partial charge on any atom is -0.320 e. The molecule has 0 spiro atoms. The topological polar surface area (TPSA) is 38.0 Å². The van der Waals surface area contributed by atoms with Gasteiger partial charge in [-0.05, 0) is 49.3 Å². The van der Waals surface area contributed by atoms with Gasteiger partial charge in [-0.25, -0.2) is 0 Å². The van der Waals surface area contributed by atoms with Crippen molar-refractivity contribution in [2.24, 2.45) is 5.73 Å². The first kappa shape index (κ1) is 17.8. The smallest absolute Gasteiger partial charge is 0.320 e. The van der Waals surface area contributed by atoms with Crippen LogP contribution in [-0.2, 0) is 11.7 Å². The van der Waals surface area contributed by atoms with Gasteiger partial charge >= 0.3 is 6.18 Å². The number of alkyl halides is 3. The highest BCUT2D eigenvalue weighted by molar-refractivity contribution is 6.31. The lowest BCUT2D eigenvalue weighted by Gasteiger charge is -2.32. The molecule has 0 aliphatic heterocycles. The fourth-order valence-electron chi connectivity index (χ4n) is 2.54. The Morgan fingerprint density at radius 1 is 1.04 bits per heavy atom. The second-order valence-electron chi connectivity index (χ2n) is 5.38. The normalized spacial score (nSPS) is 14.5. The lowest BCUT2D eigenvalue weighted by molar-refractivity contribution is -0.137. The van der Waals surface area contributed by atoms with E-state index in [1.165, 1.54) is 6.07 Å². The summed E-state index contributed by atoms with van der Waals surface area (Å²) in [6.07, 6.45) is -4.03. The largest absolute Gasteiger partial charge is 0.416 e. The van der Waals surface area contributed by atoms with Crippen LogP contribution in [0.2, 0.25) is 5.02 Å². The number of halogens is 4. The molecule has 2 aromatic rings. The van der Waals surface area contributed by atoms with Gasteiger partial charge < -0.3 is 11.1 Å². The van der Waals surface area contributed by atoms with Crippen LogP contribution < -0.4 is 11.1 Å². The van der Waals surface area contributed by atoms with Gasteiger partial charge in [0.05, 0.1) is 11.1 Å². The van der Waals surface area contributed by atoms with Crippen molar-refractivity contribution < 1.29 is 13.2 Å². The van der Waals surface area contributed by atoms with Gasteiger partial charge in [0.25, 0.3) is 0 Å². The van der Waals surface area contributed by atoms with Crippen LogP contribution in [0.1, 0.15) is 23.1 Å². The predicted octanol–water partition coefficient (Wildman–Crippen LogP) is 4.17. The van der Waals surface area contributed by atoms with Crippen LogP contribution in [0.15, 0.2) is 48.5 Å². The van der Waals surface area contributed by atoms with E-state index in [-0.39, 0.29) is 10.6 Å². The number of benzene rings is 2. The van der Waals surface area contributed by atoms with Crippen LogP contribution in [-0.4, -0.2) is 13.6 Å². The van der Waals surface area contributed by atoms with Gasteiger partial charge in [-0.1, -0.05) is 41.9 Å². The lowest BCUT2D eigenvalue weighted by atomic mass is 9.80. The molecule has 0 aliphatic rings. The molecule has 1 unspecified atom stereocenters. The third-order valence-electron chi connectivity index (χ3n) is 3.83. The Morgan fingerprint density at radius 3 is 2.26 bits per heavy atom. The quantitative estimate of drug-likeness (QED) is 0.855. The van der Waals surface area contributed by atoms with Crippen LogP contribution in [0.25, 0.3) is 0 Å². The molecule has 0 radical (unpaired) electrons. The molecule has 0 saturated heterocycles. The predicted molar refractivity (Wildman–Crippen MR) is 86.4 cm³/mol. The number of rotatable bonds is 5. The standard InChI is InChI=1S/C17H18ClF3N2/c1-23-10-9-16(22,12-5-3-2-4-6-12)14-11-13(17(19,20)21)7-8-15(14)18/h2-8,11,23H,9-10,22H2,1H3. The first-order chi connectivity index (χ1) is 10.8. The van der Waals surface area contributed by atoms with Crippen molar-refractivity contribution in [1.82, 2.24) is 5.32 Å². The Hall–Kier alpha value is -1.56. The van der Waals surface area contributed by atoms with Crippen molar-refractivity contribution in [3.8, 4) is 0 Å². The van der Waals surface area contributed by atoms with Crippen molar-refractivity contribution in [3.63, 3.8) is 0 Å². The molecule has 0 saturated carbocycles. The van der Waals surface area contributed by atoms with Crippen LogP contribution in [0.3, 0.4) is 0 Å². The minimum absolute atomic E-state index is 0.223. The summed E-state index contributed by atoms with van der Waals surface area (Å²) in [5, 5.41) is 3.20. The maximum atomic E-state index is 13.0. The molecular weight excluding hydrogens is 325 g/mol. The second-order valence-corrected chi connectivity index (χ2v) is 5.79. The van der Waals surface area contributed by atoms with Crippen molar-refractivity contribution in [2.45, 2.75) is 18.1 Å². The van der Waals surface area contributed by atoms with Crippen molar-refractivity contribution in [2.75, 3.05) is 13.6 Å². The highest BCUT2D eigenvalue weighted by Gasteiger charge is 2.36. The number of hydrogen-bond acceptors (Lipinski definition) is 2. The van der Waals surface area contributed by atoms with Gasteiger partial charge in [-0.3, -0.25) is 0 Å². The monoisotopic (exact) mass is 342 g/mol. The second kappa shape index (κ2) is 6.91. The van der Waals surface area contributed by atoms with Gasteiger partial charge in [0, 0.05) is 5.02 Å². The molecule has 2 nitrogen and oxygen atoms in total. The van der Waals surface area contributed by atoms with Gasteiger partial charge in [-0.2, -0.15) is 13.2 Å². The molecule has 0 aliphatic carbocycles. The summed E-state index contributed by atoms with van der Waals surface area (Å²) in [5.74, 6) is 0. The van der Waals surface area contributed by atoms with Crippen LogP contribution in [0.5, 0.6) is 0 Å². The summed E-state index contributed by atoms with van der Waals surface area (Å²) in [5.41, 5.74) is 5.67. The fraction of sp³-hybridized carbons (Fsp3) is 0.294. The molecule has 6 heteroatoms. The summed E-state index contributed by atoms with van der Waals surface area (Å²) in [6.45, 7) is 0.540. The molecule has 0 heterocycles. The summed E-state index contributed by atoms with van der Waals surface area (Å²) in [4.78, 5) is 0. The maximum absolute atomic E-state index is 13.0. The molecule has 0 bridgehead atoms. The van der Waals surface area contributed by atoms with Crippen LogP contribution in [0, 0.1) is 0 Å². The lowest BCUT2D eigenvalue weighted by Crippen LogP contribution is -2.41. The van der Waals surface area contributed by atoms with E-state index in [4.69, 9.17) is 17.3 Å². The van der Waals surface area contributed by atoms with Crippen molar-refractivity contribution >= 4 is 11.6 Å². The van der Waals surface area contributed by atoms with Crippen LogP contribution in [0.4, 0.5) is 13.2 Å². The van der Waals surface area contributed by atoms with Gasteiger partial charge in [0.15, 0.2) is 0 Å². The Kier molecular flexibility index (Phi) is 5.34. The molecular formula is C17H18ClF3N2. The molecule has 1 atom stereocenters. The molecule has 23 heavy (non-hydrogen) atoms. The summed E-state index contributed by atoms with van der Waals surface area (Å²) in [7, 11) is 1.76. The van der Waals surface area contributed by atoms with E-state index in [9.17, 15) is 13.2 Å². The number of nitrogens with two attached hydrogens (primary N) is 1. The van der Waals surface area contributed by atoms with E-state index in [1.807, 2.05) is 6.07 Å². The van der Waals surface area contributed by atoms with Gasteiger partial charge in [0.2, 0.25) is 0 Å². The first-order valence-corrected chi connectivity index (χ1v) is 7.53. The molecule has 2 rings (SSSR count). The maximum Gasteiger partial charge on any atom is 0.416 e. The Bertz CT molecular complexity index is 659. The number of hydrogen-bond donors (Lipinski definition) is 2. The average molecular weight is 343 g/mol. The molecule has 0 fully saturated rings. The molecule has 3 N–H and O–H groups in total. The van der Waals surface area contributed by atoms with Crippen LogP contribution >= 0.6 is 11.6 Å². The Balaban J connectivity index is 2.60. The van der Waals surface area contributed by atoms with Crippen molar-refractivity contribution in [1.29, 1.82) is 0 Å². The molecule has 0 aromatic heterocycles. The Labute approximate surface area is 138 Å². The molecule has 2 aromatic carbocycles. The zero-order valence-corrected chi connectivity index (χ0v) is 13.4. The van der Waals surface area contributed by atoms with Gasteiger partial charge in [-0.15, -0.1) is 0 Å². The fourth-order valence-corrected chi connectivity index (χ4v) is 2.82. The number of nitrogens with one attached hydrogen (secondary N) is 1. The zero-order chi connectivity index (χ0) is 17.1. The highest BCUT2D eigenvalue weighted by Crippen LogP contribution is 2.38. The van der Waals surface area contributed by atoms with Crippen molar-refractivity contribution in [3.05, 3.63) is 70.2 Å². The minimum atomic E-state index is -4.44. The van der Waals surface area contributed by atoms with E-state index in [1.54, 1.807) is 31.3 Å². The molecule has 0 amide bonds. The third kappa shape index (κ3) is 3.86. The zero-order valence-electron chi connectivity index (χ0n) is 12.6. The first-order valence-electron chi connectivity index (χ1n) is 7.15. The SMILES string of the molecule is CNCCC(N)(c1ccccc1)c1cc(C(F)(F)F)ccc1Cl. The summed E-state index contributed by atoms with van der Waals surface area (Å²) < 4.78 is 39.1. The summed E-state index contributed by atoms with van der Waals surface area (Å²) >= 11 is 6.19. The molecule has 124 valence electrons. The van der Waals surface area contributed by atoms with E-state index < -0.39 is 17.3 Å². The van der Waals surface area contributed by atoms with E-state index in [2.05, 4.69) is 5.32 Å². The summed E-state index contributed by atoms with van der Waals surface area (Å²) in [6, 6.07) is 12.3. The van der Waals surface area contributed by atoms with E-state index in [0.717, 1.165) is 17.7 Å². The highest BCUT2D eigenvalue weighted by atomic mass is 35.5. The Morgan fingerprint density at radius 2 is 1.70 bits per heavy atom. The third-order valence-corrected chi connectivity index (χ3v) is 4.16.